The minimum atomic E-state index is -0.981. The molecule has 2 aromatic heterocycles. The molecular weight excluding hydrogens is 668 g/mol. The van der Waals surface area contributed by atoms with Gasteiger partial charge in [-0.15, -0.1) is 0 Å². The second kappa shape index (κ2) is 18.2. The van der Waals surface area contributed by atoms with E-state index in [1.807, 2.05) is 86.6 Å². The number of oxazole rings is 2. The highest BCUT2D eigenvalue weighted by molar-refractivity contribution is 5.73. The number of aliphatic carboxylic acids is 2. The fraction of sp³-hybridized carbons (Fsp3) is 0.350. The third-order valence-corrected chi connectivity index (χ3v) is 8.33. The molecule has 0 radical (unpaired) electrons. The summed E-state index contributed by atoms with van der Waals surface area (Å²) in [4.78, 5) is 32.2. The van der Waals surface area contributed by atoms with Gasteiger partial charge in [0.15, 0.2) is 12.2 Å². The molecule has 5 rings (SSSR count). The molecule has 52 heavy (non-hydrogen) atoms. The molecule has 3 aromatic carbocycles. The molecule has 0 aliphatic carbocycles. The van der Waals surface area contributed by atoms with Crippen LogP contribution in [0.2, 0.25) is 0 Å². The van der Waals surface area contributed by atoms with Crippen molar-refractivity contribution < 1.29 is 47.6 Å². The molecule has 0 spiro atoms. The van der Waals surface area contributed by atoms with Gasteiger partial charge in [0, 0.05) is 50.0 Å². The van der Waals surface area contributed by atoms with Gasteiger partial charge in [0.2, 0.25) is 11.8 Å². The van der Waals surface area contributed by atoms with Gasteiger partial charge in [-0.25, -0.2) is 19.6 Å². The smallest absolute Gasteiger partial charge is 0.333 e. The van der Waals surface area contributed by atoms with Crippen LogP contribution in [0.4, 0.5) is 0 Å². The number of ether oxygens (including phenoxy) is 4. The highest BCUT2D eigenvalue weighted by Crippen LogP contribution is 2.29. The summed E-state index contributed by atoms with van der Waals surface area (Å²) in [5.41, 5.74) is 4.86. The van der Waals surface area contributed by atoms with Crippen molar-refractivity contribution in [1.82, 2.24) is 9.97 Å². The molecule has 2 atom stereocenters. The van der Waals surface area contributed by atoms with Crippen LogP contribution >= 0.6 is 0 Å². The normalized spacial score (nSPS) is 12.4. The Morgan fingerprint density at radius 2 is 1.06 bits per heavy atom. The van der Waals surface area contributed by atoms with Gasteiger partial charge in [0.1, 0.15) is 23.0 Å². The van der Waals surface area contributed by atoms with Crippen molar-refractivity contribution in [2.75, 3.05) is 26.4 Å². The quantitative estimate of drug-likeness (QED) is 0.0858. The van der Waals surface area contributed by atoms with Crippen LogP contribution in [0, 0.1) is 13.8 Å². The zero-order valence-electron chi connectivity index (χ0n) is 29.8. The maximum atomic E-state index is 11.4. The van der Waals surface area contributed by atoms with E-state index in [2.05, 4.69) is 0 Å². The first-order chi connectivity index (χ1) is 25.1. The first-order valence-electron chi connectivity index (χ1n) is 17.3. The molecule has 0 amide bonds. The highest BCUT2D eigenvalue weighted by Gasteiger charge is 2.20. The molecule has 1 unspecified atom stereocenters. The van der Waals surface area contributed by atoms with Crippen LogP contribution in [0.15, 0.2) is 81.6 Å². The molecule has 274 valence electrons. The predicted molar refractivity (Wildman–Crippen MR) is 192 cm³/mol. The van der Waals surface area contributed by atoms with Gasteiger partial charge in [-0.3, -0.25) is 0 Å². The third kappa shape index (κ3) is 10.3. The Balaban J connectivity index is 1.13. The molecule has 12 nitrogen and oxygen atoms in total. The fourth-order valence-corrected chi connectivity index (χ4v) is 5.59. The van der Waals surface area contributed by atoms with E-state index in [-0.39, 0.29) is 12.8 Å². The highest BCUT2D eigenvalue weighted by atomic mass is 16.5. The Morgan fingerprint density at radius 3 is 1.42 bits per heavy atom. The molecule has 0 saturated carbocycles. The minimum Gasteiger partial charge on any atom is -0.493 e. The molecule has 12 heteroatoms. The van der Waals surface area contributed by atoms with Crippen molar-refractivity contribution in [3.63, 3.8) is 0 Å². The number of nitrogens with zero attached hydrogens (tertiary/aromatic N) is 2. The molecule has 2 N–H and O–H groups in total. The summed E-state index contributed by atoms with van der Waals surface area (Å²) in [6, 6.07) is 22.3. The van der Waals surface area contributed by atoms with E-state index in [1.165, 1.54) is 0 Å². The zero-order chi connectivity index (χ0) is 37.0. The first kappa shape index (κ1) is 37.8. The van der Waals surface area contributed by atoms with Crippen LogP contribution in [0.5, 0.6) is 11.5 Å². The van der Waals surface area contributed by atoms with Crippen molar-refractivity contribution in [2.45, 2.75) is 65.6 Å². The molecule has 5 aromatic rings. The van der Waals surface area contributed by atoms with E-state index in [0.29, 0.717) is 74.1 Å². The van der Waals surface area contributed by atoms with Crippen molar-refractivity contribution in [1.29, 1.82) is 0 Å². The molecule has 2 heterocycles. The van der Waals surface area contributed by atoms with Crippen molar-refractivity contribution in [3.8, 4) is 34.4 Å². The van der Waals surface area contributed by atoms with Gasteiger partial charge >= 0.3 is 11.9 Å². The van der Waals surface area contributed by atoms with Gasteiger partial charge in [-0.2, -0.15) is 0 Å². The van der Waals surface area contributed by atoms with E-state index >= 15 is 0 Å². The molecule has 0 aliphatic heterocycles. The Morgan fingerprint density at radius 1 is 0.654 bits per heavy atom. The average molecular weight is 713 g/mol. The van der Waals surface area contributed by atoms with Gasteiger partial charge in [0.25, 0.3) is 0 Å². The topological polar surface area (TPSA) is 164 Å². The van der Waals surface area contributed by atoms with E-state index in [9.17, 15) is 19.8 Å². The van der Waals surface area contributed by atoms with Crippen LogP contribution in [0.1, 0.15) is 47.9 Å². The van der Waals surface area contributed by atoms with E-state index in [0.717, 1.165) is 33.6 Å². The zero-order valence-corrected chi connectivity index (χ0v) is 29.8. The molecule has 0 bridgehead atoms. The maximum Gasteiger partial charge on any atom is 0.333 e. The standard InChI is InChI=1S/C40H44N2O10/c1-5-47-35(39(43)44)22-27-10-14-31(15-11-27)49-20-18-33-25(3)51-37(41-33)29-8-7-9-30(24-29)38-42-34(26(4)52-38)19-21-50-32-16-12-28(13-17-32)23-36(40(45)46)48-6-2/h7-17,24,35-36H,5-6,18-23H2,1-4H3,(H,43,44)(H,45,46)/t35-,36?/m0/s1. The van der Waals surface area contributed by atoms with Gasteiger partial charge in [-0.1, -0.05) is 30.3 Å². The Labute approximate surface area is 302 Å². The van der Waals surface area contributed by atoms with E-state index in [1.54, 1.807) is 13.8 Å². The van der Waals surface area contributed by atoms with Crippen LogP contribution in [-0.4, -0.2) is 70.8 Å². The second-order valence-corrected chi connectivity index (χ2v) is 12.1. The number of aryl methyl sites for hydroxylation is 2. The predicted octanol–water partition coefficient (Wildman–Crippen LogP) is 6.92. The van der Waals surface area contributed by atoms with Gasteiger partial charge < -0.3 is 38.0 Å². The van der Waals surface area contributed by atoms with Crippen LogP contribution in [0.25, 0.3) is 22.9 Å². The average Bonchev–Trinajstić information content (AvgIpc) is 3.70. The molecular formula is C40H44N2O10. The van der Waals surface area contributed by atoms with Crippen LogP contribution in [-0.2, 0) is 44.7 Å². The first-order valence-corrected chi connectivity index (χ1v) is 17.3. The van der Waals surface area contributed by atoms with Crippen LogP contribution < -0.4 is 9.47 Å². The summed E-state index contributed by atoms with van der Waals surface area (Å²) >= 11 is 0. The number of hydrogen-bond acceptors (Lipinski definition) is 10. The van der Waals surface area contributed by atoms with Crippen LogP contribution in [0.3, 0.4) is 0 Å². The van der Waals surface area contributed by atoms with Crippen molar-refractivity contribution in [2.24, 2.45) is 0 Å². The van der Waals surface area contributed by atoms with Crippen molar-refractivity contribution >= 4 is 11.9 Å². The summed E-state index contributed by atoms with van der Waals surface area (Å²) in [6.45, 7) is 8.74. The number of rotatable bonds is 20. The SMILES string of the molecule is CCOC(Cc1ccc(OCCc2nc(-c3cccc(-c4nc(CCOc5ccc(C[C@H](OCC)C(=O)O)cc5)c(C)o4)c3)oc2C)cc1)C(=O)O. The number of carboxylic acids is 2. The lowest BCUT2D eigenvalue weighted by atomic mass is 10.1. The number of carboxylic acid groups (broad SMARTS) is 2. The lowest BCUT2D eigenvalue weighted by molar-refractivity contribution is -0.150. The minimum absolute atomic E-state index is 0.282. The van der Waals surface area contributed by atoms with Gasteiger partial charge in [-0.05, 0) is 81.3 Å². The van der Waals surface area contributed by atoms with E-state index < -0.39 is 24.1 Å². The monoisotopic (exact) mass is 712 g/mol. The fourth-order valence-electron chi connectivity index (χ4n) is 5.59. The number of carbonyl (C=O) groups is 2. The molecule has 0 aliphatic rings. The second-order valence-electron chi connectivity index (χ2n) is 12.1. The number of aromatic nitrogens is 2. The van der Waals surface area contributed by atoms with E-state index in [4.69, 9.17) is 37.7 Å². The summed E-state index contributed by atoms with van der Waals surface area (Å²) in [5.74, 6) is 1.77. The number of benzene rings is 3. The summed E-state index contributed by atoms with van der Waals surface area (Å²) in [7, 11) is 0. The van der Waals surface area contributed by atoms with Crippen molar-refractivity contribution in [3.05, 3.63) is 107 Å². The Hall–Kier alpha value is -5.46. The third-order valence-electron chi connectivity index (χ3n) is 8.33. The van der Waals surface area contributed by atoms with Gasteiger partial charge in [0.05, 0.1) is 24.6 Å². The largest absolute Gasteiger partial charge is 0.493 e. The summed E-state index contributed by atoms with van der Waals surface area (Å²) < 4.78 is 34.5. The molecule has 0 saturated heterocycles. The Kier molecular flexibility index (Phi) is 13.2. The maximum absolute atomic E-state index is 11.4. The summed E-state index contributed by atoms with van der Waals surface area (Å²) in [5, 5.41) is 18.7. The summed E-state index contributed by atoms with van der Waals surface area (Å²) in [6.07, 6.45) is -0.117. The lowest BCUT2D eigenvalue weighted by Gasteiger charge is -2.12. The molecule has 0 fully saturated rings. The Bertz CT molecular complexity index is 1780. The number of hydrogen-bond donors (Lipinski definition) is 2. The lowest BCUT2D eigenvalue weighted by Crippen LogP contribution is -2.26.